The summed E-state index contributed by atoms with van der Waals surface area (Å²) < 4.78 is 4.98. The Morgan fingerprint density at radius 3 is 2.63 bits per heavy atom. The normalized spacial score (nSPS) is 13.9. The molecule has 19 heavy (non-hydrogen) atoms. The molecule has 0 bridgehead atoms. The molecule has 2 unspecified atom stereocenters. The lowest BCUT2D eigenvalue weighted by Crippen LogP contribution is -2.31. The third kappa shape index (κ3) is 4.21. The molecule has 106 valence electrons. The molecule has 0 radical (unpaired) electrons. The average molecular weight is 266 g/mol. The van der Waals surface area contributed by atoms with E-state index in [1.165, 1.54) is 7.11 Å². The Hall–Kier alpha value is -1.62. The lowest BCUT2D eigenvalue weighted by atomic mass is 10.0. The first-order valence-corrected chi connectivity index (χ1v) is 6.54. The Morgan fingerprint density at radius 2 is 2.11 bits per heavy atom. The molecular weight excluding hydrogens is 244 g/mol. The van der Waals surface area contributed by atoms with E-state index in [1.54, 1.807) is 12.1 Å². The second-order valence-electron chi connectivity index (χ2n) is 4.82. The first-order chi connectivity index (χ1) is 8.99. The molecule has 0 aromatic heterocycles. The molecule has 0 aliphatic heterocycles. The van der Waals surface area contributed by atoms with Crippen molar-refractivity contribution in [3.63, 3.8) is 0 Å². The van der Waals surface area contributed by atoms with E-state index in [0.29, 0.717) is 24.3 Å². The van der Waals surface area contributed by atoms with Crippen LogP contribution in [-0.2, 0) is 6.54 Å². The topological polar surface area (TPSA) is 64.4 Å². The maximum Gasteiger partial charge on any atom is 0.311 e. The van der Waals surface area contributed by atoms with E-state index in [-0.39, 0.29) is 5.69 Å². The number of nitro groups is 1. The van der Waals surface area contributed by atoms with Crippen molar-refractivity contribution in [1.82, 2.24) is 5.32 Å². The fourth-order valence-corrected chi connectivity index (χ4v) is 1.82. The van der Waals surface area contributed by atoms with Crippen LogP contribution in [0.5, 0.6) is 5.75 Å². The summed E-state index contributed by atoms with van der Waals surface area (Å²) in [5, 5.41) is 14.3. The minimum Gasteiger partial charge on any atom is -0.490 e. The largest absolute Gasteiger partial charge is 0.490 e. The lowest BCUT2D eigenvalue weighted by Gasteiger charge is -2.19. The minimum atomic E-state index is -0.416. The molecular formula is C14H22N2O3. The number of nitro benzene ring substituents is 1. The van der Waals surface area contributed by atoms with Gasteiger partial charge >= 0.3 is 5.69 Å². The number of benzene rings is 1. The smallest absolute Gasteiger partial charge is 0.311 e. The number of hydrogen-bond donors (Lipinski definition) is 1. The number of nitrogens with one attached hydrogen (secondary N) is 1. The summed E-state index contributed by atoms with van der Waals surface area (Å²) in [6.07, 6.45) is 1.11. The zero-order valence-corrected chi connectivity index (χ0v) is 12.0. The SMILES string of the molecule is CCC(C)C(C)NCc1ccc(OC)c([N+](=O)[O-])c1. The van der Waals surface area contributed by atoms with Gasteiger partial charge in [0.05, 0.1) is 12.0 Å². The Kier molecular flexibility index (Phi) is 5.76. The molecule has 0 aliphatic carbocycles. The summed E-state index contributed by atoms with van der Waals surface area (Å²) in [7, 11) is 1.44. The van der Waals surface area contributed by atoms with E-state index >= 15 is 0 Å². The van der Waals surface area contributed by atoms with Crippen molar-refractivity contribution in [3.8, 4) is 5.75 Å². The summed E-state index contributed by atoms with van der Waals surface area (Å²) in [4.78, 5) is 10.5. The van der Waals surface area contributed by atoms with Crippen LogP contribution in [-0.4, -0.2) is 18.1 Å². The van der Waals surface area contributed by atoms with Gasteiger partial charge in [-0.1, -0.05) is 26.3 Å². The molecule has 0 amide bonds. The lowest BCUT2D eigenvalue weighted by molar-refractivity contribution is -0.385. The molecule has 5 nitrogen and oxygen atoms in total. The standard InChI is InChI=1S/C14H22N2O3/c1-5-10(2)11(3)15-9-12-6-7-14(19-4)13(8-12)16(17)18/h6-8,10-11,15H,5,9H2,1-4H3. The van der Waals surface area contributed by atoms with Crippen LogP contribution in [0.15, 0.2) is 18.2 Å². The van der Waals surface area contributed by atoms with E-state index in [4.69, 9.17) is 4.74 Å². The Labute approximate surface area is 114 Å². The van der Waals surface area contributed by atoms with Gasteiger partial charge < -0.3 is 10.1 Å². The fourth-order valence-electron chi connectivity index (χ4n) is 1.82. The minimum absolute atomic E-state index is 0.0120. The molecule has 0 saturated heterocycles. The highest BCUT2D eigenvalue weighted by molar-refractivity contribution is 5.48. The van der Waals surface area contributed by atoms with Crippen LogP contribution >= 0.6 is 0 Å². The van der Waals surface area contributed by atoms with Crippen molar-refractivity contribution in [2.24, 2.45) is 5.92 Å². The van der Waals surface area contributed by atoms with Crippen molar-refractivity contribution >= 4 is 5.69 Å². The highest BCUT2D eigenvalue weighted by Crippen LogP contribution is 2.27. The highest BCUT2D eigenvalue weighted by Gasteiger charge is 2.16. The van der Waals surface area contributed by atoms with E-state index in [2.05, 4.69) is 26.1 Å². The molecule has 1 rings (SSSR count). The molecule has 1 N–H and O–H groups in total. The van der Waals surface area contributed by atoms with Gasteiger partial charge in [-0.2, -0.15) is 0 Å². The van der Waals surface area contributed by atoms with Gasteiger partial charge in [0.15, 0.2) is 5.75 Å². The number of ether oxygens (including phenoxy) is 1. The van der Waals surface area contributed by atoms with E-state index < -0.39 is 4.92 Å². The first kappa shape index (κ1) is 15.4. The number of rotatable bonds is 7. The van der Waals surface area contributed by atoms with E-state index in [9.17, 15) is 10.1 Å². The first-order valence-electron chi connectivity index (χ1n) is 6.54. The van der Waals surface area contributed by atoms with Gasteiger partial charge in [-0.3, -0.25) is 10.1 Å². The predicted octanol–water partition coefficient (Wildman–Crippen LogP) is 3.13. The molecule has 0 saturated carbocycles. The molecule has 0 spiro atoms. The van der Waals surface area contributed by atoms with Gasteiger partial charge in [0.1, 0.15) is 0 Å². The second-order valence-corrected chi connectivity index (χ2v) is 4.82. The van der Waals surface area contributed by atoms with Crippen molar-refractivity contribution < 1.29 is 9.66 Å². The van der Waals surface area contributed by atoms with Crippen molar-refractivity contribution in [1.29, 1.82) is 0 Å². The van der Waals surface area contributed by atoms with Crippen molar-refractivity contribution in [2.75, 3.05) is 7.11 Å². The fraction of sp³-hybridized carbons (Fsp3) is 0.571. The second kappa shape index (κ2) is 7.09. The van der Waals surface area contributed by atoms with Gasteiger partial charge in [0, 0.05) is 18.7 Å². The zero-order chi connectivity index (χ0) is 14.4. The Balaban J connectivity index is 2.75. The summed E-state index contributed by atoms with van der Waals surface area (Å²) in [5.74, 6) is 0.872. The van der Waals surface area contributed by atoms with Gasteiger partial charge in [0.25, 0.3) is 0 Å². The van der Waals surface area contributed by atoms with Crippen molar-refractivity contribution in [2.45, 2.75) is 39.8 Å². The number of hydrogen-bond acceptors (Lipinski definition) is 4. The summed E-state index contributed by atoms with van der Waals surface area (Å²) in [5.41, 5.74) is 0.903. The summed E-state index contributed by atoms with van der Waals surface area (Å²) in [6.45, 7) is 7.09. The molecule has 1 aromatic carbocycles. The van der Waals surface area contributed by atoms with Crippen LogP contribution in [0.1, 0.15) is 32.8 Å². The van der Waals surface area contributed by atoms with E-state index in [1.807, 2.05) is 6.07 Å². The highest BCUT2D eigenvalue weighted by atomic mass is 16.6. The molecule has 0 aliphatic rings. The third-order valence-corrected chi connectivity index (χ3v) is 3.57. The van der Waals surface area contributed by atoms with Crippen LogP contribution in [0.3, 0.4) is 0 Å². The molecule has 2 atom stereocenters. The van der Waals surface area contributed by atoms with E-state index in [0.717, 1.165) is 12.0 Å². The van der Waals surface area contributed by atoms with Gasteiger partial charge in [-0.05, 0) is 24.5 Å². The maximum absolute atomic E-state index is 10.9. The number of methoxy groups -OCH3 is 1. The molecule has 5 heteroatoms. The summed E-state index contributed by atoms with van der Waals surface area (Å²) in [6, 6.07) is 5.44. The third-order valence-electron chi connectivity index (χ3n) is 3.57. The molecule has 0 fully saturated rings. The molecule has 1 aromatic rings. The quantitative estimate of drug-likeness (QED) is 0.608. The average Bonchev–Trinajstić information content (AvgIpc) is 2.43. The molecule has 0 heterocycles. The van der Waals surface area contributed by atoms with Crippen LogP contribution in [0, 0.1) is 16.0 Å². The van der Waals surface area contributed by atoms with Gasteiger partial charge in [-0.25, -0.2) is 0 Å². The summed E-state index contributed by atoms with van der Waals surface area (Å²) >= 11 is 0. The predicted molar refractivity (Wildman–Crippen MR) is 75.4 cm³/mol. The van der Waals surface area contributed by atoms with Crippen LogP contribution in [0.25, 0.3) is 0 Å². The zero-order valence-electron chi connectivity index (χ0n) is 12.0. The maximum atomic E-state index is 10.9. The van der Waals surface area contributed by atoms with Gasteiger partial charge in [0.2, 0.25) is 0 Å². The Bertz CT molecular complexity index is 435. The number of nitrogens with zero attached hydrogens (tertiary/aromatic N) is 1. The monoisotopic (exact) mass is 266 g/mol. The van der Waals surface area contributed by atoms with Crippen molar-refractivity contribution in [3.05, 3.63) is 33.9 Å². The van der Waals surface area contributed by atoms with Crippen LogP contribution in [0.2, 0.25) is 0 Å². The van der Waals surface area contributed by atoms with Gasteiger partial charge in [-0.15, -0.1) is 0 Å². The van der Waals surface area contributed by atoms with Crippen LogP contribution in [0.4, 0.5) is 5.69 Å². The Morgan fingerprint density at radius 1 is 1.42 bits per heavy atom. The van der Waals surface area contributed by atoms with Crippen LogP contribution < -0.4 is 10.1 Å².